The fourth-order valence-corrected chi connectivity index (χ4v) is 1.69. The molecule has 3 heteroatoms. The highest BCUT2D eigenvalue weighted by atomic mass is 16.5. The molecular formula is C15H17NO2. The van der Waals surface area contributed by atoms with Crippen LogP contribution in [0.5, 0.6) is 11.6 Å². The zero-order chi connectivity index (χ0) is 13.0. The highest BCUT2D eigenvalue weighted by molar-refractivity contribution is 5.32. The van der Waals surface area contributed by atoms with Gasteiger partial charge in [-0.3, -0.25) is 0 Å². The van der Waals surface area contributed by atoms with Crippen LogP contribution in [0.1, 0.15) is 31.1 Å². The Morgan fingerprint density at radius 2 is 2.11 bits per heavy atom. The number of hydrogen-bond acceptors (Lipinski definition) is 3. The molecule has 0 saturated carbocycles. The number of benzene rings is 1. The van der Waals surface area contributed by atoms with Crippen LogP contribution in [-0.4, -0.2) is 10.1 Å². The third kappa shape index (κ3) is 3.08. The standard InChI is InChI=1S/C15H17NO2/c1-3-12-5-4-6-14(9-12)18-15-10-13(11(2)17)7-8-16-15/h4-11,17H,3H2,1-2H3/t11-/m0/s1. The first-order valence-electron chi connectivity index (χ1n) is 6.10. The van der Waals surface area contributed by atoms with Gasteiger partial charge in [-0.25, -0.2) is 4.98 Å². The molecule has 1 aromatic heterocycles. The van der Waals surface area contributed by atoms with E-state index in [4.69, 9.17) is 4.74 Å². The molecule has 0 saturated heterocycles. The zero-order valence-corrected chi connectivity index (χ0v) is 10.6. The lowest BCUT2D eigenvalue weighted by molar-refractivity contribution is 0.198. The van der Waals surface area contributed by atoms with Crippen molar-refractivity contribution < 1.29 is 9.84 Å². The molecule has 94 valence electrons. The number of aromatic nitrogens is 1. The van der Waals surface area contributed by atoms with E-state index in [1.165, 1.54) is 5.56 Å². The molecule has 0 aliphatic heterocycles. The van der Waals surface area contributed by atoms with Gasteiger partial charge in [-0.2, -0.15) is 0 Å². The van der Waals surface area contributed by atoms with Crippen molar-refractivity contribution in [3.8, 4) is 11.6 Å². The Morgan fingerprint density at radius 3 is 2.83 bits per heavy atom. The second-order valence-electron chi connectivity index (χ2n) is 4.21. The van der Waals surface area contributed by atoms with E-state index in [2.05, 4.69) is 18.0 Å². The predicted octanol–water partition coefficient (Wildman–Crippen LogP) is 3.49. The predicted molar refractivity (Wildman–Crippen MR) is 70.8 cm³/mol. The SMILES string of the molecule is CCc1cccc(Oc2cc([C@H](C)O)ccn2)c1. The number of aryl methyl sites for hydroxylation is 1. The van der Waals surface area contributed by atoms with Gasteiger partial charge >= 0.3 is 0 Å². The summed E-state index contributed by atoms with van der Waals surface area (Å²) in [6.07, 6.45) is 2.09. The van der Waals surface area contributed by atoms with Crippen molar-refractivity contribution in [1.29, 1.82) is 0 Å². The van der Waals surface area contributed by atoms with E-state index in [0.717, 1.165) is 17.7 Å². The van der Waals surface area contributed by atoms with Crippen molar-refractivity contribution in [2.45, 2.75) is 26.4 Å². The summed E-state index contributed by atoms with van der Waals surface area (Å²) in [5.74, 6) is 1.27. The van der Waals surface area contributed by atoms with Crippen LogP contribution in [0.2, 0.25) is 0 Å². The Balaban J connectivity index is 2.20. The lowest BCUT2D eigenvalue weighted by Gasteiger charge is -2.09. The van der Waals surface area contributed by atoms with Gasteiger partial charge in [0.15, 0.2) is 0 Å². The number of rotatable bonds is 4. The number of aliphatic hydroxyl groups excluding tert-OH is 1. The van der Waals surface area contributed by atoms with Crippen LogP contribution in [0, 0.1) is 0 Å². The molecule has 1 aromatic carbocycles. The van der Waals surface area contributed by atoms with Gasteiger partial charge in [-0.05, 0) is 42.7 Å². The Labute approximate surface area is 107 Å². The number of hydrogen-bond donors (Lipinski definition) is 1. The number of aliphatic hydroxyl groups is 1. The normalized spacial score (nSPS) is 12.2. The second kappa shape index (κ2) is 5.65. The first-order chi connectivity index (χ1) is 8.69. The third-order valence-corrected chi connectivity index (χ3v) is 2.77. The van der Waals surface area contributed by atoms with Crippen LogP contribution in [0.3, 0.4) is 0 Å². The van der Waals surface area contributed by atoms with Crippen LogP contribution in [0.25, 0.3) is 0 Å². The van der Waals surface area contributed by atoms with E-state index < -0.39 is 6.10 Å². The lowest BCUT2D eigenvalue weighted by Crippen LogP contribution is -1.94. The fraction of sp³-hybridized carbons (Fsp3) is 0.267. The van der Waals surface area contributed by atoms with Crippen molar-refractivity contribution in [3.63, 3.8) is 0 Å². The van der Waals surface area contributed by atoms with Gasteiger partial charge in [-0.15, -0.1) is 0 Å². The van der Waals surface area contributed by atoms with Crippen LogP contribution < -0.4 is 4.74 Å². The molecule has 0 amide bonds. The molecule has 3 nitrogen and oxygen atoms in total. The quantitative estimate of drug-likeness (QED) is 0.893. The molecule has 2 rings (SSSR count). The van der Waals surface area contributed by atoms with Crippen molar-refractivity contribution in [1.82, 2.24) is 4.98 Å². The van der Waals surface area contributed by atoms with E-state index in [1.54, 1.807) is 25.3 Å². The van der Waals surface area contributed by atoms with Gasteiger partial charge in [0, 0.05) is 12.3 Å². The molecule has 2 aromatic rings. The average Bonchev–Trinajstić information content (AvgIpc) is 2.39. The zero-order valence-electron chi connectivity index (χ0n) is 10.6. The molecular weight excluding hydrogens is 226 g/mol. The summed E-state index contributed by atoms with van der Waals surface area (Å²) in [6.45, 7) is 3.82. The maximum atomic E-state index is 9.51. The van der Waals surface area contributed by atoms with E-state index in [1.807, 2.05) is 18.2 Å². The molecule has 1 N–H and O–H groups in total. The molecule has 1 atom stereocenters. The molecule has 0 radical (unpaired) electrons. The average molecular weight is 243 g/mol. The highest BCUT2D eigenvalue weighted by Gasteiger charge is 2.04. The Morgan fingerprint density at radius 1 is 1.28 bits per heavy atom. The lowest BCUT2D eigenvalue weighted by atomic mass is 10.1. The number of ether oxygens (including phenoxy) is 1. The van der Waals surface area contributed by atoms with Crippen molar-refractivity contribution in [3.05, 3.63) is 53.7 Å². The molecule has 0 unspecified atom stereocenters. The van der Waals surface area contributed by atoms with Crippen LogP contribution >= 0.6 is 0 Å². The first kappa shape index (κ1) is 12.6. The molecule has 1 heterocycles. The molecule has 0 bridgehead atoms. The minimum absolute atomic E-state index is 0.502. The number of nitrogens with zero attached hydrogens (tertiary/aromatic N) is 1. The Bertz CT molecular complexity index is 523. The number of pyridine rings is 1. The monoisotopic (exact) mass is 243 g/mol. The third-order valence-electron chi connectivity index (χ3n) is 2.77. The Kier molecular flexibility index (Phi) is 3.95. The van der Waals surface area contributed by atoms with Crippen LogP contribution in [0.15, 0.2) is 42.6 Å². The van der Waals surface area contributed by atoms with Gasteiger partial charge in [0.1, 0.15) is 5.75 Å². The van der Waals surface area contributed by atoms with E-state index in [9.17, 15) is 5.11 Å². The Hall–Kier alpha value is -1.87. The second-order valence-corrected chi connectivity index (χ2v) is 4.21. The van der Waals surface area contributed by atoms with Gasteiger partial charge in [-0.1, -0.05) is 19.1 Å². The summed E-state index contributed by atoms with van der Waals surface area (Å²) < 4.78 is 5.69. The largest absolute Gasteiger partial charge is 0.439 e. The molecule has 0 aliphatic rings. The summed E-state index contributed by atoms with van der Waals surface area (Å²) >= 11 is 0. The minimum Gasteiger partial charge on any atom is -0.439 e. The van der Waals surface area contributed by atoms with Crippen LogP contribution in [0.4, 0.5) is 0 Å². The maximum absolute atomic E-state index is 9.51. The van der Waals surface area contributed by atoms with E-state index in [0.29, 0.717) is 5.88 Å². The highest BCUT2D eigenvalue weighted by Crippen LogP contribution is 2.23. The summed E-state index contributed by atoms with van der Waals surface area (Å²) in [4.78, 5) is 4.14. The summed E-state index contributed by atoms with van der Waals surface area (Å²) in [5.41, 5.74) is 2.02. The molecule has 0 fully saturated rings. The fourth-order valence-electron chi connectivity index (χ4n) is 1.69. The topological polar surface area (TPSA) is 42.4 Å². The van der Waals surface area contributed by atoms with Crippen molar-refractivity contribution in [2.75, 3.05) is 0 Å². The van der Waals surface area contributed by atoms with E-state index in [-0.39, 0.29) is 0 Å². The van der Waals surface area contributed by atoms with E-state index >= 15 is 0 Å². The van der Waals surface area contributed by atoms with Gasteiger partial charge in [0.2, 0.25) is 5.88 Å². The van der Waals surface area contributed by atoms with Crippen molar-refractivity contribution in [2.24, 2.45) is 0 Å². The molecule has 0 aliphatic carbocycles. The maximum Gasteiger partial charge on any atom is 0.219 e. The smallest absolute Gasteiger partial charge is 0.219 e. The van der Waals surface area contributed by atoms with Gasteiger partial charge < -0.3 is 9.84 Å². The molecule has 18 heavy (non-hydrogen) atoms. The van der Waals surface area contributed by atoms with Gasteiger partial charge in [0.05, 0.1) is 6.10 Å². The minimum atomic E-state index is -0.516. The van der Waals surface area contributed by atoms with Crippen LogP contribution in [-0.2, 0) is 6.42 Å². The molecule has 0 spiro atoms. The van der Waals surface area contributed by atoms with Crippen molar-refractivity contribution >= 4 is 0 Å². The first-order valence-corrected chi connectivity index (χ1v) is 6.10. The summed E-state index contributed by atoms with van der Waals surface area (Å²) in [7, 11) is 0. The summed E-state index contributed by atoms with van der Waals surface area (Å²) in [6, 6.07) is 11.5. The van der Waals surface area contributed by atoms with Gasteiger partial charge in [0.25, 0.3) is 0 Å². The summed E-state index contributed by atoms with van der Waals surface area (Å²) in [5, 5.41) is 9.51.